The number of amidine groups is 1. The molecule has 0 saturated heterocycles. The molecule has 154 valence electrons. The summed E-state index contributed by atoms with van der Waals surface area (Å²) in [6.45, 7) is 13.4. The molecule has 0 aliphatic carbocycles. The molecule has 1 aromatic carbocycles. The molecule has 2 rings (SSSR count). The fourth-order valence-electron chi connectivity index (χ4n) is 2.64. The summed E-state index contributed by atoms with van der Waals surface area (Å²) >= 11 is 0. The van der Waals surface area contributed by atoms with Crippen LogP contribution in [0.25, 0.3) is 0 Å². The van der Waals surface area contributed by atoms with Gasteiger partial charge in [-0.15, -0.1) is 0 Å². The van der Waals surface area contributed by atoms with Crippen molar-refractivity contribution in [3.8, 4) is 0 Å². The summed E-state index contributed by atoms with van der Waals surface area (Å²) in [6.07, 6.45) is -1.03. The summed E-state index contributed by atoms with van der Waals surface area (Å²) in [6, 6.07) is 7.42. The topological polar surface area (TPSA) is 80.2 Å². The summed E-state index contributed by atoms with van der Waals surface area (Å²) in [7, 11) is 0. The third-order valence-electron chi connectivity index (χ3n) is 3.76. The minimum atomic E-state index is -0.638. The van der Waals surface area contributed by atoms with Gasteiger partial charge in [-0.3, -0.25) is 9.89 Å². The van der Waals surface area contributed by atoms with Crippen molar-refractivity contribution < 1.29 is 19.1 Å². The number of aryl methyl sites for hydroxylation is 1. The first-order chi connectivity index (χ1) is 12.8. The Morgan fingerprint density at radius 2 is 1.61 bits per heavy atom. The van der Waals surface area contributed by atoms with Gasteiger partial charge >= 0.3 is 12.2 Å². The molecule has 28 heavy (non-hydrogen) atoms. The van der Waals surface area contributed by atoms with Gasteiger partial charge in [-0.05, 0) is 48.5 Å². The molecule has 1 atom stereocenters. The normalized spacial score (nSPS) is 17.6. The molecular weight excluding hydrogens is 358 g/mol. The minimum Gasteiger partial charge on any atom is -0.444 e. The van der Waals surface area contributed by atoms with E-state index in [4.69, 9.17) is 9.47 Å². The van der Waals surface area contributed by atoms with E-state index in [2.05, 4.69) is 10.3 Å². The van der Waals surface area contributed by atoms with Crippen molar-refractivity contribution in [2.75, 3.05) is 13.1 Å². The number of benzene rings is 1. The summed E-state index contributed by atoms with van der Waals surface area (Å²) in [5, 5.41) is 2.79. The van der Waals surface area contributed by atoms with Gasteiger partial charge in [0.05, 0.1) is 19.1 Å². The van der Waals surface area contributed by atoms with E-state index in [1.165, 1.54) is 4.90 Å². The number of nitrogens with one attached hydrogen (secondary N) is 1. The molecule has 0 fully saturated rings. The molecule has 1 aromatic rings. The minimum absolute atomic E-state index is 0.251. The second kappa shape index (κ2) is 8.20. The van der Waals surface area contributed by atoms with Gasteiger partial charge in [0.1, 0.15) is 17.0 Å². The second-order valence-corrected chi connectivity index (χ2v) is 8.96. The van der Waals surface area contributed by atoms with Crippen LogP contribution in [0.4, 0.5) is 9.59 Å². The molecule has 0 aromatic heterocycles. The van der Waals surface area contributed by atoms with Gasteiger partial charge in [0.2, 0.25) is 0 Å². The average molecular weight is 389 g/mol. The molecule has 0 bridgehead atoms. The molecule has 0 saturated carbocycles. The molecule has 1 heterocycles. The number of hydrogen-bond acceptors (Lipinski definition) is 5. The van der Waals surface area contributed by atoms with E-state index in [1.54, 1.807) is 20.8 Å². The third kappa shape index (κ3) is 6.55. The van der Waals surface area contributed by atoms with Gasteiger partial charge in [0, 0.05) is 5.56 Å². The Hall–Kier alpha value is -2.57. The number of ether oxygens (including phenoxy) is 2. The van der Waals surface area contributed by atoms with E-state index in [0.717, 1.165) is 11.1 Å². The first-order valence-electron chi connectivity index (χ1n) is 9.45. The SMILES string of the molecule is Cc1ccc(C2=NCC(NC(=O)OC(C)(C)C)CN2C(=O)OC(C)(C)C)cc1. The van der Waals surface area contributed by atoms with Crippen molar-refractivity contribution in [1.82, 2.24) is 10.2 Å². The monoisotopic (exact) mass is 389 g/mol. The highest BCUT2D eigenvalue weighted by Gasteiger charge is 2.33. The lowest BCUT2D eigenvalue weighted by atomic mass is 10.1. The molecule has 1 N–H and O–H groups in total. The molecule has 1 aliphatic rings. The van der Waals surface area contributed by atoms with Gasteiger partial charge in [-0.2, -0.15) is 0 Å². The lowest BCUT2D eigenvalue weighted by Crippen LogP contribution is -2.54. The van der Waals surface area contributed by atoms with Crippen LogP contribution >= 0.6 is 0 Å². The second-order valence-electron chi connectivity index (χ2n) is 8.96. The van der Waals surface area contributed by atoms with Crippen LogP contribution in [0.5, 0.6) is 0 Å². The van der Waals surface area contributed by atoms with E-state index >= 15 is 0 Å². The lowest BCUT2D eigenvalue weighted by molar-refractivity contribution is 0.0324. The largest absolute Gasteiger partial charge is 0.444 e. The lowest BCUT2D eigenvalue weighted by Gasteiger charge is -2.34. The summed E-state index contributed by atoms with van der Waals surface area (Å²) in [5.41, 5.74) is 0.710. The quantitative estimate of drug-likeness (QED) is 0.832. The first kappa shape index (κ1) is 21.7. The van der Waals surface area contributed by atoms with Crippen LogP contribution in [-0.2, 0) is 9.47 Å². The number of hydrogen-bond donors (Lipinski definition) is 1. The maximum atomic E-state index is 12.8. The molecule has 7 heteroatoms. The molecular formula is C21H31N3O4. The Bertz CT molecular complexity index is 742. The van der Waals surface area contributed by atoms with Gasteiger partial charge in [-0.1, -0.05) is 29.8 Å². The Morgan fingerprint density at radius 3 is 2.14 bits per heavy atom. The summed E-state index contributed by atoms with van der Waals surface area (Å²) in [4.78, 5) is 30.9. The van der Waals surface area contributed by atoms with E-state index in [9.17, 15) is 9.59 Å². The van der Waals surface area contributed by atoms with Crippen LogP contribution in [0.3, 0.4) is 0 Å². The van der Waals surface area contributed by atoms with Crippen molar-refractivity contribution in [3.05, 3.63) is 35.4 Å². The van der Waals surface area contributed by atoms with E-state index in [-0.39, 0.29) is 12.6 Å². The van der Waals surface area contributed by atoms with E-state index < -0.39 is 23.4 Å². The number of rotatable bonds is 2. The van der Waals surface area contributed by atoms with Gasteiger partial charge in [0.15, 0.2) is 0 Å². The van der Waals surface area contributed by atoms with Crippen molar-refractivity contribution in [2.24, 2.45) is 4.99 Å². The molecule has 2 amide bonds. The molecule has 0 radical (unpaired) electrons. The summed E-state index contributed by atoms with van der Waals surface area (Å²) in [5.74, 6) is 0.538. The maximum absolute atomic E-state index is 12.8. The number of amides is 2. The van der Waals surface area contributed by atoms with Gasteiger partial charge in [0.25, 0.3) is 0 Å². The van der Waals surface area contributed by atoms with Gasteiger partial charge < -0.3 is 14.8 Å². The standard InChI is InChI=1S/C21H31N3O4/c1-14-8-10-15(11-9-14)17-22-12-16(23-18(25)27-20(2,3)4)13-24(17)19(26)28-21(5,6)7/h8-11,16H,12-13H2,1-7H3,(H,23,25). The molecule has 7 nitrogen and oxygen atoms in total. The maximum Gasteiger partial charge on any atom is 0.416 e. The smallest absolute Gasteiger partial charge is 0.416 e. The predicted octanol–water partition coefficient (Wildman–Crippen LogP) is 3.89. The van der Waals surface area contributed by atoms with Crippen LogP contribution < -0.4 is 5.32 Å². The van der Waals surface area contributed by atoms with Crippen LogP contribution in [0.1, 0.15) is 52.7 Å². The predicted molar refractivity (Wildman–Crippen MR) is 109 cm³/mol. The highest BCUT2D eigenvalue weighted by Crippen LogP contribution is 2.18. The highest BCUT2D eigenvalue weighted by atomic mass is 16.6. The van der Waals surface area contributed by atoms with Crippen molar-refractivity contribution in [1.29, 1.82) is 0 Å². The Morgan fingerprint density at radius 1 is 1.04 bits per heavy atom. The van der Waals surface area contributed by atoms with Crippen molar-refractivity contribution >= 4 is 18.0 Å². The zero-order chi connectivity index (χ0) is 21.1. The highest BCUT2D eigenvalue weighted by molar-refractivity contribution is 6.07. The molecule has 1 aliphatic heterocycles. The Balaban J connectivity index is 2.23. The van der Waals surface area contributed by atoms with Crippen LogP contribution in [-0.4, -0.2) is 53.3 Å². The third-order valence-corrected chi connectivity index (χ3v) is 3.76. The Kier molecular flexibility index (Phi) is 6.37. The Labute approximate surface area is 167 Å². The zero-order valence-corrected chi connectivity index (χ0v) is 17.8. The van der Waals surface area contributed by atoms with Crippen molar-refractivity contribution in [3.63, 3.8) is 0 Å². The average Bonchev–Trinajstić information content (AvgIpc) is 2.52. The fraction of sp³-hybridized carbons (Fsp3) is 0.571. The van der Waals surface area contributed by atoms with Crippen LogP contribution in [0.15, 0.2) is 29.3 Å². The van der Waals surface area contributed by atoms with Crippen LogP contribution in [0, 0.1) is 6.92 Å². The number of carbonyl (C=O) groups excluding carboxylic acids is 2. The zero-order valence-electron chi connectivity index (χ0n) is 17.8. The fourth-order valence-corrected chi connectivity index (χ4v) is 2.64. The number of nitrogens with zero attached hydrogens (tertiary/aromatic N) is 2. The van der Waals surface area contributed by atoms with Crippen LogP contribution in [0.2, 0.25) is 0 Å². The number of alkyl carbamates (subject to hydrolysis) is 1. The molecule has 0 spiro atoms. The van der Waals surface area contributed by atoms with E-state index in [1.807, 2.05) is 52.0 Å². The first-order valence-corrected chi connectivity index (χ1v) is 9.45. The summed E-state index contributed by atoms with van der Waals surface area (Å²) < 4.78 is 10.9. The number of carbonyl (C=O) groups is 2. The van der Waals surface area contributed by atoms with Crippen molar-refractivity contribution in [2.45, 2.75) is 65.7 Å². The van der Waals surface area contributed by atoms with E-state index in [0.29, 0.717) is 12.4 Å². The number of aliphatic imine (C=N–C) groups is 1. The van der Waals surface area contributed by atoms with Gasteiger partial charge in [-0.25, -0.2) is 9.59 Å². The molecule has 1 unspecified atom stereocenters.